The molecule has 1 heterocycles. The Morgan fingerprint density at radius 1 is 1.27 bits per heavy atom. The second-order valence-electron chi connectivity index (χ2n) is 3.10. The lowest BCUT2D eigenvalue weighted by Crippen LogP contribution is -2.08. The summed E-state index contributed by atoms with van der Waals surface area (Å²) in [5.74, 6) is 0. The summed E-state index contributed by atoms with van der Waals surface area (Å²) in [6, 6.07) is 11.2. The molecule has 0 fully saturated rings. The Balaban J connectivity index is 2.66. The van der Waals surface area contributed by atoms with Crippen molar-refractivity contribution in [2.45, 2.75) is 0 Å². The van der Waals surface area contributed by atoms with Gasteiger partial charge in [-0.2, -0.15) is 5.10 Å². The number of aromatic nitrogens is 2. The van der Waals surface area contributed by atoms with E-state index in [-0.39, 0.29) is 5.56 Å². The second-order valence-corrected chi connectivity index (χ2v) is 3.10. The Kier molecular flexibility index (Phi) is 2.46. The van der Waals surface area contributed by atoms with E-state index in [9.17, 15) is 4.79 Å². The molecule has 0 bridgehead atoms. The van der Waals surface area contributed by atoms with Gasteiger partial charge < -0.3 is 0 Å². The lowest BCUT2D eigenvalue weighted by molar-refractivity contribution is 0.980. The normalized spacial score (nSPS) is 9.87. The van der Waals surface area contributed by atoms with Gasteiger partial charge in [-0.15, -0.1) is 0 Å². The highest BCUT2D eigenvalue weighted by molar-refractivity contribution is 5.71. The molecular formula is C12H10N2O. The molecule has 0 saturated heterocycles. The molecule has 1 aromatic heterocycles. The largest absolute Gasteiger partial charge is 0.268 e. The van der Waals surface area contributed by atoms with E-state index >= 15 is 0 Å². The van der Waals surface area contributed by atoms with Crippen molar-refractivity contribution in [3.8, 4) is 11.1 Å². The molecule has 0 atom stereocenters. The molecule has 0 radical (unpaired) electrons. The molecule has 0 aliphatic rings. The minimum absolute atomic E-state index is 0.209. The lowest BCUT2D eigenvalue weighted by Gasteiger charge is -2.03. The van der Waals surface area contributed by atoms with Gasteiger partial charge in [0.15, 0.2) is 0 Å². The number of benzene rings is 1. The van der Waals surface area contributed by atoms with Crippen molar-refractivity contribution >= 4 is 6.08 Å². The highest BCUT2D eigenvalue weighted by atomic mass is 16.1. The molecule has 3 nitrogen and oxygen atoms in total. The third-order valence-corrected chi connectivity index (χ3v) is 2.12. The van der Waals surface area contributed by atoms with E-state index in [0.29, 0.717) is 5.69 Å². The Labute approximate surface area is 87.1 Å². The zero-order valence-electron chi connectivity index (χ0n) is 8.10. The van der Waals surface area contributed by atoms with Crippen molar-refractivity contribution in [1.29, 1.82) is 0 Å². The van der Waals surface area contributed by atoms with Crippen molar-refractivity contribution in [2.75, 3.05) is 0 Å². The standard InChI is InChI=1S/C12H10N2O/c1-2-11-10(8-12(15)14-13-11)9-6-4-3-5-7-9/h2-8H,1H2,(H,14,15). The number of nitrogens with zero attached hydrogens (tertiary/aromatic N) is 1. The number of hydrogen-bond donors (Lipinski definition) is 1. The maximum atomic E-state index is 11.2. The molecule has 0 aliphatic heterocycles. The van der Waals surface area contributed by atoms with Gasteiger partial charge in [-0.05, 0) is 11.6 Å². The molecule has 1 aromatic carbocycles. The first kappa shape index (κ1) is 9.40. The molecule has 74 valence electrons. The van der Waals surface area contributed by atoms with Crippen molar-refractivity contribution in [3.63, 3.8) is 0 Å². The zero-order valence-corrected chi connectivity index (χ0v) is 8.10. The summed E-state index contributed by atoms with van der Waals surface area (Å²) in [5, 5.41) is 6.30. The molecule has 0 unspecified atom stereocenters. The molecule has 0 saturated carbocycles. The van der Waals surface area contributed by atoms with Crippen molar-refractivity contribution in [3.05, 3.63) is 59.0 Å². The monoisotopic (exact) mass is 198 g/mol. The minimum atomic E-state index is -0.209. The van der Waals surface area contributed by atoms with Crippen molar-refractivity contribution in [1.82, 2.24) is 10.2 Å². The van der Waals surface area contributed by atoms with Gasteiger partial charge in [0, 0.05) is 11.6 Å². The molecule has 2 aromatic rings. The number of H-pyrrole nitrogens is 1. The fraction of sp³-hybridized carbons (Fsp3) is 0. The highest BCUT2D eigenvalue weighted by Crippen LogP contribution is 2.20. The number of aromatic amines is 1. The Morgan fingerprint density at radius 2 is 2.00 bits per heavy atom. The molecule has 2 rings (SSSR count). The van der Waals surface area contributed by atoms with Crippen LogP contribution in [0.15, 0.2) is 47.8 Å². The molecule has 3 heteroatoms. The van der Waals surface area contributed by atoms with Crippen molar-refractivity contribution in [2.24, 2.45) is 0 Å². The van der Waals surface area contributed by atoms with Crippen LogP contribution in [0.25, 0.3) is 17.2 Å². The Morgan fingerprint density at radius 3 is 2.67 bits per heavy atom. The van der Waals surface area contributed by atoms with Gasteiger partial charge in [-0.25, -0.2) is 5.10 Å². The lowest BCUT2D eigenvalue weighted by atomic mass is 10.1. The van der Waals surface area contributed by atoms with Crippen LogP contribution in [0.2, 0.25) is 0 Å². The molecule has 15 heavy (non-hydrogen) atoms. The first-order valence-corrected chi connectivity index (χ1v) is 4.59. The second kappa shape index (κ2) is 3.92. The Hall–Kier alpha value is -2.16. The summed E-state index contributed by atoms with van der Waals surface area (Å²) in [4.78, 5) is 11.2. The van der Waals surface area contributed by atoms with Crippen LogP contribution in [0.4, 0.5) is 0 Å². The van der Waals surface area contributed by atoms with E-state index in [4.69, 9.17) is 0 Å². The van der Waals surface area contributed by atoms with E-state index in [1.165, 1.54) is 6.07 Å². The first-order chi connectivity index (χ1) is 7.31. The predicted molar refractivity (Wildman–Crippen MR) is 60.4 cm³/mol. The van der Waals surface area contributed by atoms with E-state index < -0.39 is 0 Å². The van der Waals surface area contributed by atoms with Gasteiger partial charge in [0.05, 0.1) is 5.69 Å². The van der Waals surface area contributed by atoms with Crippen LogP contribution >= 0.6 is 0 Å². The summed E-state index contributed by atoms with van der Waals surface area (Å²) >= 11 is 0. The fourth-order valence-corrected chi connectivity index (χ4v) is 1.42. The molecule has 0 spiro atoms. The molecule has 0 amide bonds. The Bertz CT molecular complexity index is 529. The van der Waals surface area contributed by atoms with Crippen LogP contribution in [0.1, 0.15) is 5.69 Å². The summed E-state index contributed by atoms with van der Waals surface area (Å²) < 4.78 is 0. The minimum Gasteiger partial charge on any atom is -0.268 e. The summed E-state index contributed by atoms with van der Waals surface area (Å²) in [7, 11) is 0. The third-order valence-electron chi connectivity index (χ3n) is 2.12. The maximum absolute atomic E-state index is 11.2. The van der Waals surface area contributed by atoms with Crippen LogP contribution in [-0.2, 0) is 0 Å². The summed E-state index contributed by atoms with van der Waals surface area (Å²) in [6.45, 7) is 3.66. The number of hydrogen-bond acceptors (Lipinski definition) is 2. The van der Waals surface area contributed by atoms with Crippen molar-refractivity contribution < 1.29 is 0 Å². The maximum Gasteiger partial charge on any atom is 0.264 e. The average molecular weight is 198 g/mol. The first-order valence-electron chi connectivity index (χ1n) is 4.59. The number of nitrogens with one attached hydrogen (secondary N) is 1. The van der Waals surface area contributed by atoms with E-state index in [2.05, 4.69) is 16.8 Å². The van der Waals surface area contributed by atoms with Crippen LogP contribution in [0.5, 0.6) is 0 Å². The molecular weight excluding hydrogens is 188 g/mol. The van der Waals surface area contributed by atoms with E-state index in [1.807, 2.05) is 30.3 Å². The topological polar surface area (TPSA) is 45.8 Å². The van der Waals surface area contributed by atoms with E-state index in [1.54, 1.807) is 6.08 Å². The number of rotatable bonds is 2. The quantitative estimate of drug-likeness (QED) is 0.803. The van der Waals surface area contributed by atoms with Crippen LogP contribution in [0.3, 0.4) is 0 Å². The SMILES string of the molecule is C=Cc1n[nH]c(=O)cc1-c1ccccc1. The van der Waals surface area contributed by atoms with Crippen LogP contribution in [0, 0.1) is 0 Å². The molecule has 1 N–H and O–H groups in total. The summed E-state index contributed by atoms with van der Waals surface area (Å²) in [5.41, 5.74) is 2.24. The fourth-order valence-electron chi connectivity index (χ4n) is 1.42. The van der Waals surface area contributed by atoms with Crippen LogP contribution < -0.4 is 5.56 Å². The predicted octanol–water partition coefficient (Wildman–Crippen LogP) is 2.08. The average Bonchev–Trinajstić information content (AvgIpc) is 2.30. The van der Waals surface area contributed by atoms with Crippen LogP contribution in [-0.4, -0.2) is 10.2 Å². The van der Waals surface area contributed by atoms with Gasteiger partial charge in [0.2, 0.25) is 0 Å². The highest BCUT2D eigenvalue weighted by Gasteiger charge is 2.03. The van der Waals surface area contributed by atoms with Gasteiger partial charge in [-0.1, -0.05) is 36.9 Å². The van der Waals surface area contributed by atoms with E-state index in [0.717, 1.165) is 11.1 Å². The van der Waals surface area contributed by atoms with Gasteiger partial charge >= 0.3 is 0 Å². The van der Waals surface area contributed by atoms with Gasteiger partial charge in [0.1, 0.15) is 0 Å². The van der Waals surface area contributed by atoms with Gasteiger partial charge in [-0.3, -0.25) is 4.79 Å². The summed E-state index contributed by atoms with van der Waals surface area (Å²) in [6.07, 6.45) is 1.62. The third kappa shape index (κ3) is 1.86. The molecule has 0 aliphatic carbocycles. The van der Waals surface area contributed by atoms with Gasteiger partial charge in [0.25, 0.3) is 5.56 Å². The zero-order chi connectivity index (χ0) is 10.7. The smallest absolute Gasteiger partial charge is 0.264 e.